The van der Waals surface area contributed by atoms with Gasteiger partial charge in [-0.15, -0.1) is 0 Å². The summed E-state index contributed by atoms with van der Waals surface area (Å²) >= 11 is 2.04. The molecule has 24 heavy (non-hydrogen) atoms. The number of halogens is 4. The van der Waals surface area contributed by atoms with E-state index in [9.17, 15) is 18.0 Å². The number of fused-ring (bicyclic) bond motifs is 1. The Morgan fingerprint density at radius 1 is 1.12 bits per heavy atom. The number of para-hydroxylation sites is 3. The van der Waals surface area contributed by atoms with E-state index >= 15 is 0 Å². The van der Waals surface area contributed by atoms with Crippen molar-refractivity contribution < 1.29 is 18.0 Å². The summed E-state index contributed by atoms with van der Waals surface area (Å²) in [6.07, 6.45) is -4.64. The molecule has 0 aliphatic rings. The normalized spacial score (nSPS) is 11.7. The van der Waals surface area contributed by atoms with Crippen LogP contribution in [-0.2, 0) is 17.5 Å². The van der Waals surface area contributed by atoms with Crippen LogP contribution < -0.4 is 5.32 Å². The Bertz CT molecular complexity index is 905. The molecule has 0 aliphatic heterocycles. The first-order valence-corrected chi connectivity index (χ1v) is 8.01. The first-order valence-electron chi connectivity index (χ1n) is 6.93. The van der Waals surface area contributed by atoms with Crippen LogP contribution in [-0.4, -0.2) is 15.5 Å². The Morgan fingerprint density at radius 2 is 1.79 bits per heavy atom. The Hall–Kier alpha value is -2.10. The van der Waals surface area contributed by atoms with Crippen LogP contribution in [0.4, 0.5) is 18.9 Å². The quantitative estimate of drug-likeness (QED) is 0.612. The molecule has 8 heteroatoms. The lowest BCUT2D eigenvalue weighted by molar-refractivity contribution is -0.147. The predicted molar refractivity (Wildman–Crippen MR) is 92.5 cm³/mol. The number of benzene rings is 2. The van der Waals surface area contributed by atoms with Crippen molar-refractivity contribution in [3.05, 3.63) is 57.9 Å². The number of carbonyl (C=O) groups excluding carboxylic acids is 1. The van der Waals surface area contributed by atoms with Gasteiger partial charge in [0.1, 0.15) is 6.54 Å². The molecule has 2 aromatic carbocycles. The first kappa shape index (κ1) is 16.7. The smallest absolute Gasteiger partial charge is 0.324 e. The molecular weight excluding hydrogens is 434 g/mol. The number of carbonyl (C=O) groups is 1. The zero-order valence-electron chi connectivity index (χ0n) is 12.1. The van der Waals surface area contributed by atoms with Gasteiger partial charge >= 0.3 is 6.18 Å². The molecule has 1 heterocycles. The summed E-state index contributed by atoms with van der Waals surface area (Å²) < 4.78 is 41.3. The predicted octanol–water partition coefficient (Wildman–Crippen LogP) is 4.30. The zero-order valence-corrected chi connectivity index (χ0v) is 14.3. The van der Waals surface area contributed by atoms with Crippen LogP contribution in [0.2, 0.25) is 0 Å². The molecule has 3 aromatic rings. The molecule has 0 aliphatic carbocycles. The largest absolute Gasteiger partial charge is 0.449 e. The van der Waals surface area contributed by atoms with Crippen molar-refractivity contribution in [2.24, 2.45) is 0 Å². The maximum absolute atomic E-state index is 13.2. The van der Waals surface area contributed by atoms with Gasteiger partial charge in [-0.3, -0.25) is 4.79 Å². The van der Waals surface area contributed by atoms with Crippen LogP contribution in [0.5, 0.6) is 0 Å². The van der Waals surface area contributed by atoms with Gasteiger partial charge in [0.25, 0.3) is 0 Å². The number of anilines is 1. The molecule has 1 aromatic heterocycles. The van der Waals surface area contributed by atoms with Crippen LogP contribution in [0, 0.1) is 3.57 Å². The molecule has 0 radical (unpaired) electrons. The topological polar surface area (TPSA) is 46.9 Å². The molecule has 3 rings (SSSR count). The highest BCUT2D eigenvalue weighted by molar-refractivity contribution is 14.1. The number of hydrogen-bond acceptors (Lipinski definition) is 2. The number of aromatic nitrogens is 2. The number of hydrogen-bond donors (Lipinski definition) is 1. The van der Waals surface area contributed by atoms with E-state index in [2.05, 4.69) is 10.3 Å². The molecule has 0 bridgehead atoms. The van der Waals surface area contributed by atoms with Gasteiger partial charge in [0.15, 0.2) is 0 Å². The van der Waals surface area contributed by atoms with E-state index in [4.69, 9.17) is 0 Å². The third-order valence-electron chi connectivity index (χ3n) is 3.36. The summed E-state index contributed by atoms with van der Waals surface area (Å²) in [6, 6.07) is 13.2. The van der Waals surface area contributed by atoms with E-state index in [1.165, 1.54) is 12.1 Å². The van der Waals surface area contributed by atoms with Crippen molar-refractivity contribution in [2.45, 2.75) is 12.7 Å². The average Bonchev–Trinajstić information content (AvgIpc) is 2.89. The van der Waals surface area contributed by atoms with Crippen molar-refractivity contribution in [2.75, 3.05) is 5.32 Å². The van der Waals surface area contributed by atoms with Gasteiger partial charge in [-0.25, -0.2) is 4.98 Å². The minimum atomic E-state index is -4.64. The lowest BCUT2D eigenvalue weighted by Crippen LogP contribution is -2.23. The maximum atomic E-state index is 13.2. The van der Waals surface area contributed by atoms with Crippen molar-refractivity contribution in [1.29, 1.82) is 0 Å². The molecule has 1 N–H and O–H groups in total. The highest BCUT2D eigenvalue weighted by atomic mass is 127. The lowest BCUT2D eigenvalue weighted by atomic mass is 10.3. The van der Waals surface area contributed by atoms with E-state index in [1.54, 1.807) is 30.3 Å². The second-order valence-corrected chi connectivity index (χ2v) is 6.20. The molecule has 0 saturated carbocycles. The van der Waals surface area contributed by atoms with Gasteiger partial charge in [-0.2, -0.15) is 13.2 Å². The second-order valence-electron chi connectivity index (χ2n) is 5.04. The SMILES string of the molecule is O=C(Cn1c(C(F)(F)F)nc2ccccc21)Nc1ccccc1I. The van der Waals surface area contributed by atoms with Gasteiger partial charge in [0, 0.05) is 3.57 Å². The number of alkyl halides is 3. The fourth-order valence-electron chi connectivity index (χ4n) is 2.35. The monoisotopic (exact) mass is 445 g/mol. The zero-order chi connectivity index (χ0) is 17.3. The van der Waals surface area contributed by atoms with E-state index in [0.29, 0.717) is 5.69 Å². The van der Waals surface area contributed by atoms with E-state index < -0.39 is 24.5 Å². The number of nitrogens with zero attached hydrogens (tertiary/aromatic N) is 2. The summed E-state index contributed by atoms with van der Waals surface area (Å²) in [5.74, 6) is -1.63. The Balaban J connectivity index is 1.94. The molecule has 0 atom stereocenters. The Kier molecular flexibility index (Phi) is 4.48. The Morgan fingerprint density at radius 3 is 2.50 bits per heavy atom. The standard InChI is InChI=1S/C16H11F3IN3O/c17-16(18,19)15-22-12-7-3-4-8-13(12)23(15)9-14(24)21-11-6-2-1-5-10(11)20/h1-8H,9H2,(H,21,24). The van der Waals surface area contributed by atoms with Gasteiger partial charge in [0.05, 0.1) is 16.7 Å². The molecule has 0 unspecified atom stereocenters. The lowest BCUT2D eigenvalue weighted by Gasteiger charge is -2.12. The second kappa shape index (κ2) is 6.42. The summed E-state index contributed by atoms with van der Waals surface area (Å²) in [6.45, 7) is -0.472. The number of nitrogens with one attached hydrogen (secondary N) is 1. The summed E-state index contributed by atoms with van der Waals surface area (Å²) in [4.78, 5) is 15.8. The van der Waals surface area contributed by atoms with Gasteiger partial charge < -0.3 is 9.88 Å². The highest BCUT2D eigenvalue weighted by Crippen LogP contribution is 2.31. The Labute approximate surface area is 148 Å². The molecule has 0 saturated heterocycles. The number of imidazole rings is 1. The third-order valence-corrected chi connectivity index (χ3v) is 4.30. The van der Waals surface area contributed by atoms with Gasteiger partial charge in [0.2, 0.25) is 11.7 Å². The van der Waals surface area contributed by atoms with E-state index in [-0.39, 0.29) is 11.0 Å². The molecule has 4 nitrogen and oxygen atoms in total. The third kappa shape index (κ3) is 3.37. The minimum Gasteiger partial charge on any atom is -0.324 e. The van der Waals surface area contributed by atoms with Gasteiger partial charge in [-0.1, -0.05) is 24.3 Å². The summed E-state index contributed by atoms with van der Waals surface area (Å²) in [5.41, 5.74) is 1.02. The minimum absolute atomic E-state index is 0.201. The fraction of sp³-hybridized carbons (Fsp3) is 0.125. The van der Waals surface area contributed by atoms with Gasteiger partial charge in [-0.05, 0) is 46.9 Å². The van der Waals surface area contributed by atoms with E-state index in [0.717, 1.165) is 8.14 Å². The van der Waals surface area contributed by atoms with Crippen LogP contribution in [0.15, 0.2) is 48.5 Å². The highest BCUT2D eigenvalue weighted by Gasteiger charge is 2.38. The van der Waals surface area contributed by atoms with Crippen molar-refractivity contribution in [3.63, 3.8) is 0 Å². The average molecular weight is 445 g/mol. The van der Waals surface area contributed by atoms with Crippen LogP contribution in [0.3, 0.4) is 0 Å². The van der Waals surface area contributed by atoms with Crippen LogP contribution >= 0.6 is 22.6 Å². The van der Waals surface area contributed by atoms with Crippen molar-refractivity contribution in [3.8, 4) is 0 Å². The van der Waals surface area contributed by atoms with Crippen molar-refractivity contribution in [1.82, 2.24) is 9.55 Å². The number of amides is 1. The first-order chi connectivity index (χ1) is 11.4. The number of rotatable bonds is 3. The summed E-state index contributed by atoms with van der Waals surface area (Å²) in [7, 11) is 0. The molecular formula is C16H11F3IN3O. The maximum Gasteiger partial charge on any atom is 0.449 e. The molecule has 124 valence electrons. The molecule has 0 fully saturated rings. The van der Waals surface area contributed by atoms with Crippen LogP contribution in [0.25, 0.3) is 11.0 Å². The molecule has 0 spiro atoms. The van der Waals surface area contributed by atoms with E-state index in [1.807, 2.05) is 28.7 Å². The fourth-order valence-corrected chi connectivity index (χ4v) is 2.87. The van der Waals surface area contributed by atoms with Crippen molar-refractivity contribution >= 4 is 45.2 Å². The van der Waals surface area contributed by atoms with Crippen LogP contribution in [0.1, 0.15) is 5.82 Å². The summed E-state index contributed by atoms with van der Waals surface area (Å²) in [5, 5.41) is 2.63. The molecule has 1 amide bonds.